The number of nitrogens with zero attached hydrogens (tertiary/aromatic N) is 1. The third-order valence-electron chi connectivity index (χ3n) is 3.34. The van der Waals surface area contributed by atoms with Gasteiger partial charge >= 0.3 is 0 Å². The molecule has 1 heterocycles. The minimum Gasteiger partial charge on any atom is -0.341 e. The molecule has 0 aromatic rings. The van der Waals surface area contributed by atoms with Crippen LogP contribution in [0.1, 0.15) is 26.7 Å². The first-order chi connectivity index (χ1) is 7.85. The van der Waals surface area contributed by atoms with Crippen LogP contribution >= 0.6 is 12.4 Å². The Kier molecular flexibility index (Phi) is 7.17. The minimum absolute atomic E-state index is 0. The van der Waals surface area contributed by atoms with Crippen molar-refractivity contribution in [2.24, 2.45) is 11.7 Å². The average molecular weight is 299 g/mol. The summed E-state index contributed by atoms with van der Waals surface area (Å²) in [5, 5.41) is 0. The van der Waals surface area contributed by atoms with E-state index < -0.39 is 9.84 Å². The van der Waals surface area contributed by atoms with Gasteiger partial charge in [-0.25, -0.2) is 8.42 Å². The van der Waals surface area contributed by atoms with Gasteiger partial charge in [-0.05, 0) is 25.7 Å². The summed E-state index contributed by atoms with van der Waals surface area (Å²) in [6.45, 7) is 4.74. The van der Waals surface area contributed by atoms with Crippen molar-refractivity contribution in [1.82, 2.24) is 4.90 Å². The van der Waals surface area contributed by atoms with E-state index in [1.54, 1.807) is 11.8 Å². The molecule has 0 aliphatic carbocycles. The number of carbonyl (C=O) groups excluding carboxylic acids is 1. The molecular formula is C11H23ClN2O3S. The van der Waals surface area contributed by atoms with Crippen molar-refractivity contribution < 1.29 is 13.2 Å². The Balaban J connectivity index is 0.00000289. The van der Waals surface area contributed by atoms with E-state index in [1.165, 1.54) is 0 Å². The lowest BCUT2D eigenvalue weighted by Gasteiger charge is -2.34. The number of hydrogen-bond acceptors (Lipinski definition) is 4. The molecule has 7 heteroatoms. The number of likely N-dealkylation sites (tertiary alicyclic amines) is 1. The topological polar surface area (TPSA) is 80.5 Å². The molecular weight excluding hydrogens is 276 g/mol. The van der Waals surface area contributed by atoms with Crippen LogP contribution in [-0.2, 0) is 14.6 Å². The lowest BCUT2D eigenvalue weighted by Crippen LogP contribution is -2.46. The van der Waals surface area contributed by atoms with Crippen LogP contribution in [0.25, 0.3) is 0 Å². The first-order valence-electron chi connectivity index (χ1n) is 6.09. The summed E-state index contributed by atoms with van der Waals surface area (Å²) < 4.78 is 22.8. The fourth-order valence-corrected chi connectivity index (χ4v) is 2.81. The van der Waals surface area contributed by atoms with E-state index in [0.717, 1.165) is 12.8 Å². The quantitative estimate of drug-likeness (QED) is 0.816. The standard InChI is InChI=1S/C11H22N2O3S.ClH/c1-3-17(15,16)8-11(14)13-6-4-5-10(7-13)9(2)12;/h9-10H,3-8,12H2,1-2H3;1H. The second kappa shape index (κ2) is 7.31. The van der Waals surface area contributed by atoms with Crippen molar-refractivity contribution in [2.45, 2.75) is 32.7 Å². The van der Waals surface area contributed by atoms with E-state index in [0.29, 0.717) is 13.1 Å². The molecule has 0 aromatic heterocycles. The maximum absolute atomic E-state index is 11.8. The van der Waals surface area contributed by atoms with Crippen molar-refractivity contribution in [3.63, 3.8) is 0 Å². The van der Waals surface area contributed by atoms with Crippen molar-refractivity contribution in [1.29, 1.82) is 0 Å². The molecule has 0 bridgehead atoms. The van der Waals surface area contributed by atoms with Crippen LogP contribution in [0.3, 0.4) is 0 Å². The van der Waals surface area contributed by atoms with E-state index in [2.05, 4.69) is 0 Å². The number of halogens is 1. The maximum atomic E-state index is 11.8. The summed E-state index contributed by atoms with van der Waals surface area (Å²) in [4.78, 5) is 13.5. The number of nitrogens with two attached hydrogens (primary N) is 1. The average Bonchev–Trinajstić information content (AvgIpc) is 2.28. The molecule has 1 amide bonds. The second-order valence-electron chi connectivity index (χ2n) is 4.78. The highest BCUT2D eigenvalue weighted by molar-refractivity contribution is 7.92. The SMILES string of the molecule is CCS(=O)(=O)CC(=O)N1CCCC(C(C)N)C1.Cl. The predicted molar refractivity (Wildman–Crippen MR) is 74.5 cm³/mol. The van der Waals surface area contributed by atoms with Crippen molar-refractivity contribution >= 4 is 28.2 Å². The van der Waals surface area contributed by atoms with Gasteiger partial charge in [0.25, 0.3) is 0 Å². The van der Waals surface area contributed by atoms with Crippen LogP contribution < -0.4 is 5.73 Å². The zero-order chi connectivity index (χ0) is 13.1. The minimum atomic E-state index is -3.23. The lowest BCUT2D eigenvalue weighted by molar-refractivity contribution is -0.130. The van der Waals surface area contributed by atoms with Crippen LogP contribution in [0.5, 0.6) is 0 Å². The Morgan fingerprint density at radius 2 is 2.11 bits per heavy atom. The van der Waals surface area contributed by atoms with Crippen LogP contribution in [-0.4, -0.2) is 49.9 Å². The van der Waals surface area contributed by atoms with E-state index in [4.69, 9.17) is 5.73 Å². The van der Waals surface area contributed by atoms with E-state index in [1.807, 2.05) is 6.92 Å². The van der Waals surface area contributed by atoms with E-state index >= 15 is 0 Å². The summed E-state index contributed by atoms with van der Waals surface area (Å²) in [6.07, 6.45) is 1.92. The van der Waals surface area contributed by atoms with E-state index in [9.17, 15) is 13.2 Å². The molecule has 5 nitrogen and oxygen atoms in total. The lowest BCUT2D eigenvalue weighted by atomic mass is 9.92. The molecule has 1 aliphatic rings. The van der Waals surface area contributed by atoms with Gasteiger partial charge in [-0.1, -0.05) is 6.92 Å². The largest absolute Gasteiger partial charge is 0.341 e. The summed E-state index contributed by atoms with van der Waals surface area (Å²) >= 11 is 0. The van der Waals surface area contributed by atoms with Crippen LogP contribution in [0.15, 0.2) is 0 Å². The number of carbonyl (C=O) groups is 1. The molecule has 1 aliphatic heterocycles. The van der Waals surface area contributed by atoms with Gasteiger partial charge in [-0.15, -0.1) is 12.4 Å². The predicted octanol–water partition coefficient (Wildman–Crippen LogP) is 0.429. The zero-order valence-electron chi connectivity index (χ0n) is 11.0. The zero-order valence-corrected chi connectivity index (χ0v) is 12.6. The van der Waals surface area contributed by atoms with Crippen molar-refractivity contribution in [2.75, 3.05) is 24.6 Å². The molecule has 108 valence electrons. The van der Waals surface area contributed by atoms with Gasteiger partial charge in [0.2, 0.25) is 5.91 Å². The molecule has 0 saturated carbocycles. The second-order valence-corrected chi connectivity index (χ2v) is 7.13. The summed E-state index contributed by atoms with van der Waals surface area (Å²) in [7, 11) is -3.23. The monoisotopic (exact) mass is 298 g/mol. The number of piperidine rings is 1. The summed E-state index contributed by atoms with van der Waals surface area (Å²) in [6, 6.07) is 0.0494. The molecule has 1 saturated heterocycles. The number of sulfone groups is 1. The van der Waals surface area contributed by atoms with Crippen LogP contribution in [0, 0.1) is 5.92 Å². The van der Waals surface area contributed by atoms with Gasteiger partial charge in [0.05, 0.1) is 0 Å². The first-order valence-corrected chi connectivity index (χ1v) is 7.91. The Bertz CT molecular complexity index is 370. The van der Waals surface area contributed by atoms with Gasteiger partial charge in [0, 0.05) is 24.9 Å². The van der Waals surface area contributed by atoms with Gasteiger partial charge in [-0.3, -0.25) is 4.79 Å². The van der Waals surface area contributed by atoms with Gasteiger partial charge in [0.15, 0.2) is 9.84 Å². The van der Waals surface area contributed by atoms with Gasteiger partial charge in [0.1, 0.15) is 5.75 Å². The van der Waals surface area contributed by atoms with Gasteiger partial charge in [-0.2, -0.15) is 0 Å². The number of amides is 1. The molecule has 2 unspecified atom stereocenters. The molecule has 1 fully saturated rings. The molecule has 0 spiro atoms. The first kappa shape index (κ1) is 17.7. The van der Waals surface area contributed by atoms with E-state index in [-0.39, 0.29) is 41.8 Å². The summed E-state index contributed by atoms with van der Waals surface area (Å²) in [5.41, 5.74) is 5.83. The third-order valence-corrected chi connectivity index (χ3v) is 4.90. The highest BCUT2D eigenvalue weighted by Crippen LogP contribution is 2.19. The molecule has 0 aromatic carbocycles. The van der Waals surface area contributed by atoms with Crippen LogP contribution in [0.4, 0.5) is 0 Å². The normalized spacial score (nSPS) is 22.2. The molecule has 18 heavy (non-hydrogen) atoms. The molecule has 2 N–H and O–H groups in total. The van der Waals surface area contributed by atoms with Crippen LogP contribution in [0.2, 0.25) is 0 Å². The maximum Gasteiger partial charge on any atom is 0.237 e. The van der Waals surface area contributed by atoms with Crippen molar-refractivity contribution in [3.05, 3.63) is 0 Å². The molecule has 1 rings (SSSR count). The Labute approximate surface area is 115 Å². The fourth-order valence-electron chi connectivity index (χ4n) is 2.05. The van der Waals surface area contributed by atoms with Gasteiger partial charge < -0.3 is 10.6 Å². The Morgan fingerprint density at radius 1 is 1.50 bits per heavy atom. The molecule has 0 radical (unpaired) electrons. The highest BCUT2D eigenvalue weighted by Gasteiger charge is 2.27. The number of rotatable bonds is 4. The van der Waals surface area contributed by atoms with Crippen molar-refractivity contribution in [3.8, 4) is 0 Å². The fraction of sp³-hybridized carbons (Fsp3) is 0.909. The smallest absolute Gasteiger partial charge is 0.237 e. The summed E-state index contributed by atoms with van der Waals surface area (Å²) in [5.74, 6) is -0.340. The third kappa shape index (κ3) is 5.12. The Hall–Kier alpha value is -0.330. The highest BCUT2D eigenvalue weighted by atomic mass is 35.5. The number of hydrogen-bond donors (Lipinski definition) is 1. The molecule has 2 atom stereocenters. The Morgan fingerprint density at radius 3 is 2.61 bits per heavy atom.